The smallest absolute Gasteiger partial charge is 0.327 e. The third kappa shape index (κ3) is 5.13. The van der Waals surface area contributed by atoms with Gasteiger partial charge in [-0.1, -0.05) is 29.8 Å². The molecule has 2 aliphatic heterocycles. The first-order chi connectivity index (χ1) is 15.7. The molecule has 1 saturated carbocycles. The fourth-order valence-corrected chi connectivity index (χ4v) is 6.22. The summed E-state index contributed by atoms with van der Waals surface area (Å²) in [6.07, 6.45) is 5.35. The quantitative estimate of drug-likeness (QED) is 0.671. The van der Waals surface area contributed by atoms with E-state index in [9.17, 15) is 14.4 Å². The van der Waals surface area contributed by atoms with E-state index in [2.05, 4.69) is 37.4 Å². The molecule has 1 saturated heterocycles. The maximum Gasteiger partial charge on any atom is 0.327 e. The van der Waals surface area contributed by atoms with Crippen molar-refractivity contribution in [1.29, 1.82) is 0 Å². The third-order valence-corrected chi connectivity index (χ3v) is 8.18. The van der Waals surface area contributed by atoms with Crippen molar-refractivity contribution in [1.82, 2.24) is 15.1 Å². The number of imide groups is 1. The molecule has 33 heavy (non-hydrogen) atoms. The van der Waals surface area contributed by atoms with Crippen LogP contribution >= 0.6 is 11.8 Å². The SMILES string of the molecule is Cc1ccc(C)c(CN2C(=O)N(CC3CCC(C(=O)NC(C)C)CC3)C(=O)C3SC=CC32)c1. The number of hydrogen-bond acceptors (Lipinski definition) is 4. The average Bonchev–Trinajstić information content (AvgIpc) is 3.26. The maximum absolute atomic E-state index is 13.6. The van der Waals surface area contributed by atoms with Crippen LogP contribution < -0.4 is 5.32 Å². The average molecular weight is 470 g/mol. The Balaban J connectivity index is 1.45. The maximum atomic E-state index is 13.6. The van der Waals surface area contributed by atoms with Crippen LogP contribution in [-0.2, 0) is 16.1 Å². The first-order valence-corrected chi connectivity index (χ1v) is 13.0. The fourth-order valence-electron chi connectivity index (χ4n) is 5.16. The molecule has 4 amide bonds. The van der Waals surface area contributed by atoms with Crippen LogP contribution in [0.4, 0.5) is 4.79 Å². The molecular weight excluding hydrogens is 434 g/mol. The van der Waals surface area contributed by atoms with Crippen molar-refractivity contribution in [2.75, 3.05) is 6.54 Å². The minimum Gasteiger partial charge on any atom is -0.354 e. The molecule has 2 atom stereocenters. The number of hydrogen-bond donors (Lipinski definition) is 1. The summed E-state index contributed by atoms with van der Waals surface area (Å²) in [5.41, 5.74) is 3.44. The lowest BCUT2D eigenvalue weighted by molar-refractivity contribution is -0.132. The Morgan fingerprint density at radius 3 is 2.58 bits per heavy atom. The summed E-state index contributed by atoms with van der Waals surface area (Å²) >= 11 is 1.52. The second-order valence-electron chi connectivity index (χ2n) is 10.0. The van der Waals surface area contributed by atoms with E-state index in [1.54, 1.807) is 0 Å². The first-order valence-electron chi connectivity index (χ1n) is 12.0. The molecule has 2 unspecified atom stereocenters. The van der Waals surface area contributed by atoms with Gasteiger partial charge in [0.1, 0.15) is 5.25 Å². The molecule has 2 heterocycles. The molecule has 4 rings (SSSR count). The molecular formula is C26H35N3O3S. The molecule has 7 heteroatoms. The summed E-state index contributed by atoms with van der Waals surface area (Å²) in [6, 6.07) is 6.07. The van der Waals surface area contributed by atoms with Crippen LogP contribution in [0.3, 0.4) is 0 Å². The van der Waals surface area contributed by atoms with Crippen LogP contribution in [-0.4, -0.2) is 51.5 Å². The first kappa shape index (κ1) is 23.9. The van der Waals surface area contributed by atoms with Crippen molar-refractivity contribution in [3.8, 4) is 0 Å². The molecule has 3 aliphatic rings. The summed E-state index contributed by atoms with van der Waals surface area (Å²) in [4.78, 5) is 42.5. The molecule has 2 fully saturated rings. The summed E-state index contributed by atoms with van der Waals surface area (Å²) in [5.74, 6) is 0.345. The number of nitrogens with one attached hydrogen (secondary N) is 1. The number of rotatable bonds is 6. The largest absolute Gasteiger partial charge is 0.354 e. The Bertz CT molecular complexity index is 952. The molecule has 0 aromatic heterocycles. The van der Waals surface area contributed by atoms with Gasteiger partial charge in [-0.25, -0.2) is 4.79 Å². The zero-order valence-electron chi connectivity index (χ0n) is 20.0. The lowest BCUT2D eigenvalue weighted by Gasteiger charge is -2.43. The summed E-state index contributed by atoms with van der Waals surface area (Å²) in [5, 5.41) is 4.71. The number of nitrogens with zero attached hydrogens (tertiary/aromatic N) is 2. The number of urea groups is 1. The Labute approximate surface area is 201 Å². The highest BCUT2D eigenvalue weighted by Crippen LogP contribution is 2.37. The summed E-state index contributed by atoms with van der Waals surface area (Å²) < 4.78 is 0. The Hall–Kier alpha value is -2.28. The van der Waals surface area contributed by atoms with Crippen molar-refractivity contribution >= 4 is 29.6 Å². The number of benzene rings is 1. The van der Waals surface area contributed by atoms with Gasteiger partial charge >= 0.3 is 6.03 Å². The number of aryl methyl sites for hydroxylation is 2. The minimum absolute atomic E-state index is 0.0381. The molecule has 1 aromatic carbocycles. The Kier molecular flexibility index (Phi) is 7.17. The van der Waals surface area contributed by atoms with Crippen LogP contribution in [0.1, 0.15) is 56.2 Å². The monoisotopic (exact) mass is 469 g/mol. The molecule has 1 N–H and O–H groups in total. The van der Waals surface area contributed by atoms with Crippen LogP contribution in [0.2, 0.25) is 0 Å². The normalized spacial score (nSPS) is 27.3. The van der Waals surface area contributed by atoms with Crippen molar-refractivity contribution in [2.45, 2.75) is 77.3 Å². The highest BCUT2D eigenvalue weighted by molar-refractivity contribution is 8.03. The van der Waals surface area contributed by atoms with Crippen LogP contribution in [0.15, 0.2) is 29.7 Å². The van der Waals surface area contributed by atoms with Gasteiger partial charge in [0.05, 0.1) is 6.04 Å². The van der Waals surface area contributed by atoms with Crippen molar-refractivity contribution < 1.29 is 14.4 Å². The van der Waals surface area contributed by atoms with Gasteiger partial charge in [0.25, 0.3) is 0 Å². The molecule has 178 valence electrons. The van der Waals surface area contributed by atoms with Crippen LogP contribution in [0, 0.1) is 25.7 Å². The second kappa shape index (κ2) is 9.92. The van der Waals surface area contributed by atoms with Gasteiger partial charge in [0.2, 0.25) is 11.8 Å². The predicted octanol–water partition coefficient (Wildman–Crippen LogP) is 4.40. The van der Waals surface area contributed by atoms with Gasteiger partial charge in [0, 0.05) is 25.0 Å². The van der Waals surface area contributed by atoms with E-state index in [-0.39, 0.29) is 47.0 Å². The molecule has 1 aliphatic carbocycles. The molecule has 0 radical (unpaired) electrons. The lowest BCUT2D eigenvalue weighted by Crippen LogP contribution is -2.62. The molecule has 0 bridgehead atoms. The lowest BCUT2D eigenvalue weighted by atomic mass is 9.81. The van der Waals surface area contributed by atoms with Gasteiger partial charge in [-0.05, 0) is 75.8 Å². The number of amides is 4. The fraction of sp³-hybridized carbons (Fsp3) is 0.577. The van der Waals surface area contributed by atoms with E-state index in [1.807, 2.05) is 30.2 Å². The zero-order valence-corrected chi connectivity index (χ0v) is 20.9. The topological polar surface area (TPSA) is 69.7 Å². The highest BCUT2D eigenvalue weighted by Gasteiger charge is 2.47. The van der Waals surface area contributed by atoms with Gasteiger partial charge in [-0.15, -0.1) is 11.8 Å². The van der Waals surface area contributed by atoms with Crippen molar-refractivity contribution in [3.63, 3.8) is 0 Å². The number of carbonyl (C=O) groups excluding carboxylic acids is 3. The number of fused-ring (bicyclic) bond motifs is 1. The van der Waals surface area contributed by atoms with Crippen molar-refractivity contribution in [3.05, 3.63) is 46.4 Å². The van der Waals surface area contributed by atoms with E-state index >= 15 is 0 Å². The zero-order chi connectivity index (χ0) is 23.7. The van der Waals surface area contributed by atoms with E-state index in [0.717, 1.165) is 36.8 Å². The second-order valence-corrected chi connectivity index (χ2v) is 11.1. The third-order valence-electron chi connectivity index (χ3n) is 7.09. The molecule has 0 spiro atoms. The Morgan fingerprint density at radius 1 is 1.15 bits per heavy atom. The standard InChI is InChI=1S/C26H35N3O3S/c1-16(2)27-24(30)20-9-7-19(8-10-20)14-29-25(31)23-22(11-12-33-23)28(26(29)32)15-21-13-17(3)5-6-18(21)4/h5-6,11-13,16,19-20,22-23H,7-10,14-15H2,1-4H3,(H,27,30). The van der Waals surface area contributed by atoms with Gasteiger partial charge in [-0.2, -0.15) is 0 Å². The summed E-state index contributed by atoms with van der Waals surface area (Å²) in [7, 11) is 0. The van der Waals surface area contributed by atoms with E-state index < -0.39 is 0 Å². The number of carbonyl (C=O) groups is 3. The van der Waals surface area contributed by atoms with Crippen LogP contribution in [0.5, 0.6) is 0 Å². The van der Waals surface area contributed by atoms with E-state index in [0.29, 0.717) is 13.1 Å². The van der Waals surface area contributed by atoms with Crippen LogP contribution in [0.25, 0.3) is 0 Å². The molecule has 1 aromatic rings. The van der Waals surface area contributed by atoms with E-state index in [4.69, 9.17) is 0 Å². The number of thioether (sulfide) groups is 1. The summed E-state index contributed by atoms with van der Waals surface area (Å²) in [6.45, 7) is 9.03. The van der Waals surface area contributed by atoms with Gasteiger partial charge in [-0.3, -0.25) is 14.5 Å². The predicted molar refractivity (Wildman–Crippen MR) is 132 cm³/mol. The minimum atomic E-state index is -0.263. The molecule has 6 nitrogen and oxygen atoms in total. The van der Waals surface area contributed by atoms with Crippen molar-refractivity contribution in [2.24, 2.45) is 11.8 Å². The van der Waals surface area contributed by atoms with Gasteiger partial charge < -0.3 is 10.2 Å². The highest BCUT2D eigenvalue weighted by atomic mass is 32.2. The Morgan fingerprint density at radius 2 is 1.88 bits per heavy atom. The van der Waals surface area contributed by atoms with E-state index in [1.165, 1.54) is 22.2 Å². The van der Waals surface area contributed by atoms with Gasteiger partial charge in [0.15, 0.2) is 0 Å².